The lowest BCUT2D eigenvalue weighted by atomic mass is 9.95. The van der Waals surface area contributed by atoms with Crippen LogP contribution >= 0.6 is 0 Å². The molecule has 0 aromatic rings. The minimum Gasteiger partial charge on any atom is -0.357 e. The van der Waals surface area contributed by atoms with Crippen molar-refractivity contribution in [2.75, 3.05) is 38.5 Å². The van der Waals surface area contributed by atoms with E-state index in [9.17, 15) is 4.21 Å². The zero-order chi connectivity index (χ0) is 18.6. The molecule has 0 radical (unpaired) electrons. The van der Waals surface area contributed by atoms with Crippen molar-refractivity contribution < 1.29 is 4.21 Å². The van der Waals surface area contributed by atoms with Gasteiger partial charge >= 0.3 is 0 Å². The predicted octanol–water partition coefficient (Wildman–Crippen LogP) is 2.89. The van der Waals surface area contributed by atoms with Crippen LogP contribution in [0.1, 0.15) is 71.6 Å². The van der Waals surface area contributed by atoms with E-state index in [2.05, 4.69) is 22.5 Å². The predicted molar refractivity (Wildman–Crippen MR) is 113 cm³/mol. The van der Waals surface area contributed by atoms with E-state index in [4.69, 9.17) is 4.99 Å². The second-order valence-corrected chi connectivity index (χ2v) is 9.67. The Morgan fingerprint density at radius 2 is 1.88 bits per heavy atom. The number of hydrogen-bond donors (Lipinski definition) is 2. The lowest BCUT2D eigenvalue weighted by Crippen LogP contribution is -2.46. The minimum absolute atomic E-state index is 0.358. The topological polar surface area (TPSA) is 56.7 Å². The van der Waals surface area contributed by atoms with Gasteiger partial charge in [-0.15, -0.1) is 0 Å². The molecule has 1 aliphatic heterocycles. The molecule has 1 saturated carbocycles. The summed E-state index contributed by atoms with van der Waals surface area (Å²) in [6, 6.07) is 0.410. The molecule has 1 saturated heterocycles. The van der Waals surface area contributed by atoms with Gasteiger partial charge in [0.15, 0.2) is 5.96 Å². The lowest BCUT2D eigenvalue weighted by Gasteiger charge is -2.30. The maximum Gasteiger partial charge on any atom is 0.191 e. The summed E-state index contributed by atoms with van der Waals surface area (Å²) in [6.07, 6.45) is 11.1. The molecular weight excluding hydrogens is 344 g/mol. The third-order valence-electron chi connectivity index (χ3n) is 5.57. The first kappa shape index (κ1) is 21.7. The quantitative estimate of drug-likeness (QED) is 0.384. The van der Waals surface area contributed by atoms with Gasteiger partial charge in [-0.25, -0.2) is 0 Å². The highest BCUT2D eigenvalue weighted by Crippen LogP contribution is 2.23. The number of aliphatic imine (C=N–C) groups is 1. The van der Waals surface area contributed by atoms with Gasteiger partial charge in [0.25, 0.3) is 0 Å². The van der Waals surface area contributed by atoms with Crippen LogP contribution in [0, 0.1) is 0 Å². The fraction of sp³-hybridized carbons (Fsp3) is 0.950. The van der Waals surface area contributed by atoms with E-state index in [0.717, 1.165) is 50.5 Å². The molecule has 1 heterocycles. The maximum absolute atomic E-state index is 12.1. The van der Waals surface area contributed by atoms with Crippen molar-refractivity contribution >= 4 is 16.8 Å². The standard InChI is InChI=1S/C20H40N4OS/c1-3-21-20(22-13-10-16-24-14-7-5-6-8-15-24)23-18-11-9-12-19(17-18)26(25)4-2/h18-19H,3-17H2,1-2H3,(H2,21,22,23). The van der Waals surface area contributed by atoms with Crippen LogP contribution < -0.4 is 10.6 Å². The SMILES string of the molecule is CCNC(=NCCCN1CCCCCC1)NC1CCCC(S(=O)CC)C1. The summed E-state index contributed by atoms with van der Waals surface area (Å²) >= 11 is 0. The number of hydrogen-bond acceptors (Lipinski definition) is 3. The molecular formula is C20H40N4OS. The van der Waals surface area contributed by atoms with Gasteiger partial charge in [0.2, 0.25) is 0 Å². The molecule has 2 rings (SSSR count). The summed E-state index contributed by atoms with van der Waals surface area (Å²) in [6.45, 7) is 9.61. The molecule has 3 unspecified atom stereocenters. The monoisotopic (exact) mass is 384 g/mol. The van der Waals surface area contributed by atoms with Crippen LogP contribution in [0.15, 0.2) is 4.99 Å². The average Bonchev–Trinajstić information content (AvgIpc) is 2.93. The van der Waals surface area contributed by atoms with Gasteiger partial charge in [0.05, 0.1) is 0 Å². The Kier molecular flexibility index (Phi) is 10.6. The van der Waals surface area contributed by atoms with Crippen LogP contribution in [0.3, 0.4) is 0 Å². The molecule has 6 heteroatoms. The van der Waals surface area contributed by atoms with E-state index >= 15 is 0 Å². The van der Waals surface area contributed by atoms with Gasteiger partial charge in [-0.05, 0) is 65.1 Å². The van der Waals surface area contributed by atoms with Crippen LogP contribution in [-0.4, -0.2) is 64.8 Å². The summed E-state index contributed by atoms with van der Waals surface area (Å²) in [5.74, 6) is 1.72. The van der Waals surface area contributed by atoms with E-state index < -0.39 is 10.8 Å². The highest BCUT2D eigenvalue weighted by molar-refractivity contribution is 7.85. The van der Waals surface area contributed by atoms with Gasteiger partial charge in [-0.3, -0.25) is 9.20 Å². The van der Waals surface area contributed by atoms with E-state index in [1.54, 1.807) is 0 Å². The third-order valence-corrected chi connectivity index (χ3v) is 7.31. The number of guanidine groups is 1. The zero-order valence-electron chi connectivity index (χ0n) is 17.0. The Hall–Kier alpha value is -0.620. The Balaban J connectivity index is 1.75. The molecule has 2 aliphatic rings. The number of nitrogens with one attached hydrogen (secondary N) is 2. The van der Waals surface area contributed by atoms with Crippen molar-refractivity contribution in [2.24, 2.45) is 4.99 Å². The maximum atomic E-state index is 12.1. The largest absolute Gasteiger partial charge is 0.357 e. The molecule has 0 amide bonds. The van der Waals surface area contributed by atoms with Crippen molar-refractivity contribution in [3.05, 3.63) is 0 Å². The van der Waals surface area contributed by atoms with Crippen molar-refractivity contribution in [1.29, 1.82) is 0 Å². The normalized spacial score (nSPS) is 26.9. The molecule has 3 atom stereocenters. The molecule has 1 aliphatic carbocycles. The zero-order valence-corrected chi connectivity index (χ0v) is 17.8. The second-order valence-electron chi connectivity index (χ2n) is 7.67. The molecule has 2 N–H and O–H groups in total. The Morgan fingerprint density at radius 3 is 2.58 bits per heavy atom. The Labute approximate surface area is 163 Å². The summed E-state index contributed by atoms with van der Waals surface area (Å²) < 4.78 is 12.1. The first-order chi connectivity index (χ1) is 12.7. The summed E-state index contributed by atoms with van der Waals surface area (Å²) in [4.78, 5) is 7.40. The van der Waals surface area contributed by atoms with E-state index in [0.29, 0.717) is 11.3 Å². The average molecular weight is 385 g/mol. The van der Waals surface area contributed by atoms with E-state index in [1.165, 1.54) is 51.7 Å². The smallest absolute Gasteiger partial charge is 0.191 e. The Morgan fingerprint density at radius 1 is 1.12 bits per heavy atom. The summed E-state index contributed by atoms with van der Waals surface area (Å²) in [5.41, 5.74) is 0. The van der Waals surface area contributed by atoms with Crippen LogP contribution in [0.5, 0.6) is 0 Å². The van der Waals surface area contributed by atoms with Crippen LogP contribution in [0.25, 0.3) is 0 Å². The molecule has 26 heavy (non-hydrogen) atoms. The van der Waals surface area contributed by atoms with E-state index in [-0.39, 0.29) is 0 Å². The molecule has 0 aromatic heterocycles. The molecule has 0 aromatic carbocycles. The third kappa shape index (κ3) is 7.95. The molecule has 0 bridgehead atoms. The molecule has 2 fully saturated rings. The van der Waals surface area contributed by atoms with Gasteiger partial charge in [-0.2, -0.15) is 0 Å². The molecule has 152 valence electrons. The first-order valence-electron chi connectivity index (χ1n) is 10.9. The fourth-order valence-corrected chi connectivity index (χ4v) is 5.46. The van der Waals surface area contributed by atoms with Gasteiger partial charge in [0.1, 0.15) is 0 Å². The minimum atomic E-state index is -0.670. The number of nitrogens with zero attached hydrogens (tertiary/aromatic N) is 2. The highest BCUT2D eigenvalue weighted by Gasteiger charge is 2.26. The molecule has 5 nitrogen and oxygen atoms in total. The van der Waals surface area contributed by atoms with Crippen molar-refractivity contribution in [2.45, 2.75) is 82.9 Å². The van der Waals surface area contributed by atoms with Gasteiger partial charge < -0.3 is 15.5 Å². The van der Waals surface area contributed by atoms with Crippen molar-refractivity contribution in [3.63, 3.8) is 0 Å². The van der Waals surface area contributed by atoms with Crippen molar-refractivity contribution in [1.82, 2.24) is 15.5 Å². The van der Waals surface area contributed by atoms with Crippen LogP contribution in [-0.2, 0) is 10.8 Å². The fourth-order valence-electron chi connectivity index (χ4n) is 4.11. The van der Waals surface area contributed by atoms with Gasteiger partial charge in [0, 0.05) is 40.9 Å². The van der Waals surface area contributed by atoms with Crippen molar-refractivity contribution in [3.8, 4) is 0 Å². The van der Waals surface area contributed by atoms with Crippen LogP contribution in [0.2, 0.25) is 0 Å². The Bertz CT molecular complexity index is 436. The van der Waals surface area contributed by atoms with Crippen LogP contribution in [0.4, 0.5) is 0 Å². The number of likely N-dealkylation sites (tertiary alicyclic amines) is 1. The molecule has 0 spiro atoms. The van der Waals surface area contributed by atoms with Gasteiger partial charge in [-0.1, -0.05) is 26.2 Å². The summed E-state index contributed by atoms with van der Waals surface area (Å²) in [7, 11) is -0.670. The summed E-state index contributed by atoms with van der Waals surface area (Å²) in [5, 5.41) is 7.35. The second kappa shape index (κ2) is 12.7. The first-order valence-corrected chi connectivity index (χ1v) is 12.3. The van der Waals surface area contributed by atoms with E-state index in [1.807, 2.05) is 6.92 Å². The number of rotatable bonds is 8. The highest BCUT2D eigenvalue weighted by atomic mass is 32.2. The lowest BCUT2D eigenvalue weighted by molar-refractivity contribution is 0.283.